The largest absolute Gasteiger partial charge is 0.354 e. The van der Waals surface area contributed by atoms with Crippen molar-refractivity contribution in [1.29, 1.82) is 0 Å². The molecule has 0 bridgehead atoms. The number of halogens is 4. The molecule has 3 rings (SSSR count). The molecule has 2 heterocycles. The van der Waals surface area contributed by atoms with Crippen molar-refractivity contribution in [1.82, 2.24) is 20.8 Å². The van der Waals surface area contributed by atoms with Gasteiger partial charge in [0, 0.05) is 30.0 Å². The molecule has 1 unspecified atom stereocenters. The monoisotopic (exact) mass is 392 g/mol. The van der Waals surface area contributed by atoms with E-state index in [0.717, 1.165) is 5.56 Å². The molecule has 10 heteroatoms. The van der Waals surface area contributed by atoms with E-state index < -0.39 is 30.8 Å². The standard InChI is InChI=1S/C15H15ClF2N4O2.ClH/c16-10-3-1-2-9(6-10)13-21-12(24-22-13)4-5-19-14(23)11-7-15(17,18)8-20-11;/h1-3,6,11,20H,4-5,7-8H2,(H,19,23);1H. The van der Waals surface area contributed by atoms with Crippen LogP contribution >= 0.6 is 24.0 Å². The van der Waals surface area contributed by atoms with Crippen molar-refractivity contribution in [2.24, 2.45) is 0 Å². The number of hydrogen-bond donors (Lipinski definition) is 2. The Hall–Kier alpha value is -1.77. The molecule has 136 valence electrons. The predicted octanol–water partition coefficient (Wildman–Crippen LogP) is 2.47. The number of nitrogens with zero attached hydrogens (tertiary/aromatic N) is 2. The number of aromatic nitrogens is 2. The van der Waals surface area contributed by atoms with Crippen molar-refractivity contribution in [2.45, 2.75) is 24.8 Å². The maximum Gasteiger partial charge on any atom is 0.262 e. The first-order valence-corrected chi connectivity index (χ1v) is 7.78. The number of rotatable bonds is 5. The Bertz CT molecular complexity index is 742. The van der Waals surface area contributed by atoms with Gasteiger partial charge in [0.05, 0.1) is 12.6 Å². The lowest BCUT2D eigenvalue weighted by molar-refractivity contribution is -0.123. The molecule has 25 heavy (non-hydrogen) atoms. The van der Waals surface area contributed by atoms with Crippen LogP contribution in [0, 0.1) is 0 Å². The molecule has 1 aliphatic rings. The molecule has 2 aromatic rings. The van der Waals surface area contributed by atoms with Gasteiger partial charge in [-0.15, -0.1) is 12.4 Å². The zero-order chi connectivity index (χ0) is 17.2. The van der Waals surface area contributed by atoms with Gasteiger partial charge in [-0.3, -0.25) is 10.1 Å². The predicted molar refractivity (Wildman–Crippen MR) is 90.1 cm³/mol. The zero-order valence-electron chi connectivity index (χ0n) is 13.0. The van der Waals surface area contributed by atoms with Gasteiger partial charge in [-0.05, 0) is 12.1 Å². The van der Waals surface area contributed by atoms with E-state index in [1.165, 1.54) is 0 Å². The molecule has 1 aromatic carbocycles. The Balaban J connectivity index is 0.00000225. The topological polar surface area (TPSA) is 80.1 Å². The fourth-order valence-corrected chi connectivity index (χ4v) is 2.61. The summed E-state index contributed by atoms with van der Waals surface area (Å²) in [6.45, 7) is -0.252. The third-order valence-electron chi connectivity index (χ3n) is 3.62. The second-order valence-electron chi connectivity index (χ2n) is 5.56. The SMILES string of the molecule is Cl.O=C(NCCc1nc(-c2cccc(Cl)c2)no1)C1CC(F)(F)CN1. The van der Waals surface area contributed by atoms with Gasteiger partial charge in [0.1, 0.15) is 0 Å². The summed E-state index contributed by atoms with van der Waals surface area (Å²) < 4.78 is 31.2. The van der Waals surface area contributed by atoms with Crippen molar-refractivity contribution < 1.29 is 18.1 Å². The Morgan fingerprint density at radius 2 is 2.28 bits per heavy atom. The van der Waals surface area contributed by atoms with Crippen LogP contribution < -0.4 is 10.6 Å². The third-order valence-corrected chi connectivity index (χ3v) is 3.85. The van der Waals surface area contributed by atoms with Gasteiger partial charge < -0.3 is 9.84 Å². The smallest absolute Gasteiger partial charge is 0.262 e. The summed E-state index contributed by atoms with van der Waals surface area (Å²) in [7, 11) is 0. The average Bonchev–Trinajstić information content (AvgIpc) is 3.14. The maximum atomic E-state index is 13.0. The molecule has 1 atom stereocenters. The van der Waals surface area contributed by atoms with E-state index in [9.17, 15) is 13.6 Å². The highest BCUT2D eigenvalue weighted by Gasteiger charge is 2.42. The highest BCUT2D eigenvalue weighted by atomic mass is 35.5. The Morgan fingerprint density at radius 3 is 2.96 bits per heavy atom. The van der Waals surface area contributed by atoms with E-state index in [1.807, 2.05) is 0 Å². The lowest BCUT2D eigenvalue weighted by atomic mass is 10.2. The van der Waals surface area contributed by atoms with Gasteiger partial charge >= 0.3 is 0 Å². The number of amides is 1. The van der Waals surface area contributed by atoms with Gasteiger partial charge in [-0.2, -0.15) is 4.98 Å². The third kappa shape index (κ3) is 5.10. The lowest BCUT2D eigenvalue weighted by Crippen LogP contribution is -2.41. The molecule has 0 spiro atoms. The van der Waals surface area contributed by atoms with Crippen LogP contribution in [0.3, 0.4) is 0 Å². The molecule has 1 aromatic heterocycles. The molecule has 1 saturated heterocycles. The molecular formula is C15H16Cl2F2N4O2. The Morgan fingerprint density at radius 1 is 1.48 bits per heavy atom. The molecule has 1 fully saturated rings. The lowest BCUT2D eigenvalue weighted by Gasteiger charge is -2.10. The Kier molecular flexibility index (Phi) is 6.31. The minimum atomic E-state index is -2.83. The number of alkyl halides is 2. The first kappa shape index (κ1) is 19.6. The first-order chi connectivity index (χ1) is 11.4. The van der Waals surface area contributed by atoms with Crippen molar-refractivity contribution in [3.05, 3.63) is 35.2 Å². The van der Waals surface area contributed by atoms with Crippen LogP contribution in [0.2, 0.25) is 5.02 Å². The molecule has 0 saturated carbocycles. The Labute approximate surface area is 153 Å². The van der Waals surface area contributed by atoms with Crippen LogP contribution in [0.1, 0.15) is 12.3 Å². The summed E-state index contributed by atoms with van der Waals surface area (Å²) >= 11 is 5.91. The summed E-state index contributed by atoms with van der Waals surface area (Å²) in [5.74, 6) is -2.55. The van der Waals surface area contributed by atoms with Crippen LogP contribution in [0.4, 0.5) is 8.78 Å². The van der Waals surface area contributed by atoms with Crippen molar-refractivity contribution in [3.63, 3.8) is 0 Å². The molecule has 1 amide bonds. The fourth-order valence-electron chi connectivity index (χ4n) is 2.42. The van der Waals surface area contributed by atoms with E-state index in [0.29, 0.717) is 23.2 Å². The van der Waals surface area contributed by atoms with Gasteiger partial charge in [-0.25, -0.2) is 8.78 Å². The summed E-state index contributed by atoms with van der Waals surface area (Å²) in [4.78, 5) is 16.0. The van der Waals surface area contributed by atoms with Crippen molar-refractivity contribution >= 4 is 29.9 Å². The number of hydrogen-bond acceptors (Lipinski definition) is 5. The van der Waals surface area contributed by atoms with E-state index in [2.05, 4.69) is 20.8 Å². The number of carbonyl (C=O) groups is 1. The summed E-state index contributed by atoms with van der Waals surface area (Å²) in [5, 5.41) is 9.50. The van der Waals surface area contributed by atoms with Crippen molar-refractivity contribution in [2.75, 3.05) is 13.1 Å². The average molecular weight is 393 g/mol. The molecule has 0 aliphatic carbocycles. The van der Waals surface area contributed by atoms with Gasteiger partial charge in [-0.1, -0.05) is 28.9 Å². The quantitative estimate of drug-likeness (QED) is 0.816. The van der Waals surface area contributed by atoms with Gasteiger partial charge in [0.2, 0.25) is 17.6 Å². The normalized spacial score (nSPS) is 18.6. The van der Waals surface area contributed by atoms with Crippen LogP contribution in [0.5, 0.6) is 0 Å². The van der Waals surface area contributed by atoms with Crippen LogP contribution in [-0.2, 0) is 11.2 Å². The number of benzene rings is 1. The second kappa shape index (κ2) is 8.07. The fraction of sp³-hybridized carbons (Fsp3) is 0.400. The maximum absolute atomic E-state index is 13.0. The molecule has 1 aliphatic heterocycles. The van der Waals surface area contributed by atoms with Crippen LogP contribution in [0.25, 0.3) is 11.4 Å². The summed E-state index contributed by atoms with van der Waals surface area (Å²) in [6, 6.07) is 6.16. The minimum absolute atomic E-state index is 0. The van der Waals surface area contributed by atoms with Gasteiger partial charge in [0.15, 0.2) is 0 Å². The number of nitrogens with one attached hydrogen (secondary N) is 2. The summed E-state index contributed by atoms with van der Waals surface area (Å²) in [6.07, 6.45) is -0.180. The van der Waals surface area contributed by atoms with E-state index >= 15 is 0 Å². The van der Waals surface area contributed by atoms with Crippen LogP contribution in [-0.4, -0.2) is 41.1 Å². The summed E-state index contributed by atoms with van der Waals surface area (Å²) in [5.41, 5.74) is 0.721. The molecule has 0 radical (unpaired) electrons. The zero-order valence-corrected chi connectivity index (χ0v) is 14.5. The van der Waals surface area contributed by atoms with E-state index in [1.54, 1.807) is 24.3 Å². The molecular weight excluding hydrogens is 377 g/mol. The molecule has 2 N–H and O–H groups in total. The van der Waals surface area contributed by atoms with E-state index in [4.69, 9.17) is 16.1 Å². The van der Waals surface area contributed by atoms with Crippen molar-refractivity contribution in [3.8, 4) is 11.4 Å². The number of carbonyl (C=O) groups excluding carboxylic acids is 1. The minimum Gasteiger partial charge on any atom is -0.354 e. The van der Waals surface area contributed by atoms with E-state index in [-0.39, 0.29) is 19.0 Å². The second-order valence-corrected chi connectivity index (χ2v) is 5.99. The van der Waals surface area contributed by atoms with Gasteiger partial charge in [0.25, 0.3) is 5.92 Å². The highest BCUT2D eigenvalue weighted by Crippen LogP contribution is 2.25. The first-order valence-electron chi connectivity index (χ1n) is 7.40. The highest BCUT2D eigenvalue weighted by molar-refractivity contribution is 6.30. The molecule has 6 nitrogen and oxygen atoms in total. The van der Waals surface area contributed by atoms with Crippen LogP contribution in [0.15, 0.2) is 28.8 Å².